The topological polar surface area (TPSA) is 120 Å². The average Bonchev–Trinajstić information content (AvgIpc) is 2.81. The van der Waals surface area contributed by atoms with Crippen LogP contribution in [0.15, 0.2) is 40.1 Å². The lowest BCUT2D eigenvalue weighted by Crippen LogP contribution is -2.28. The van der Waals surface area contributed by atoms with E-state index < -0.39 is 15.7 Å². The Bertz CT molecular complexity index is 1140. The van der Waals surface area contributed by atoms with Gasteiger partial charge in [-0.05, 0) is 24.6 Å². The second kappa shape index (κ2) is 10.3. The molecular weight excluding hydrogens is 468 g/mol. The third-order valence-corrected chi connectivity index (χ3v) is 8.20. The normalized spacial score (nSPS) is 15.3. The van der Waals surface area contributed by atoms with Gasteiger partial charge in [0.2, 0.25) is 17.6 Å². The predicted molar refractivity (Wildman–Crippen MR) is 126 cm³/mol. The molecule has 1 heterocycles. The number of hydrogen-bond acceptors (Lipinski definition) is 8. The fourth-order valence-corrected chi connectivity index (χ4v) is 5.60. The van der Waals surface area contributed by atoms with Gasteiger partial charge in [0.15, 0.2) is 21.3 Å². The number of thioether (sulfide) groups is 1. The highest BCUT2D eigenvalue weighted by molar-refractivity contribution is 8.01. The number of carbonyl (C=O) groups excluding carboxylic acids is 2. The number of fused-ring (bicyclic) bond motifs is 1. The van der Waals surface area contributed by atoms with Gasteiger partial charge in [-0.3, -0.25) is 9.59 Å². The molecule has 178 valence electrons. The fraction of sp³-hybridized carbons (Fsp3) is 0.364. The van der Waals surface area contributed by atoms with E-state index in [0.29, 0.717) is 35.0 Å². The number of ether oxygens (including phenoxy) is 3. The molecule has 0 bridgehead atoms. The first-order chi connectivity index (χ1) is 15.7. The summed E-state index contributed by atoms with van der Waals surface area (Å²) < 4.78 is 41.4. The van der Waals surface area contributed by atoms with E-state index >= 15 is 0 Å². The molecule has 11 heteroatoms. The van der Waals surface area contributed by atoms with E-state index in [1.807, 2.05) is 6.92 Å². The lowest BCUT2D eigenvalue weighted by atomic mass is 10.2. The van der Waals surface area contributed by atoms with Gasteiger partial charge in [-0.15, -0.1) is 11.8 Å². The summed E-state index contributed by atoms with van der Waals surface area (Å²) in [6, 6.07) is 7.74. The Balaban J connectivity index is 1.69. The molecule has 2 N–H and O–H groups in total. The van der Waals surface area contributed by atoms with Gasteiger partial charge in [-0.2, -0.15) is 0 Å². The van der Waals surface area contributed by atoms with Crippen molar-refractivity contribution in [1.82, 2.24) is 0 Å². The highest BCUT2D eigenvalue weighted by atomic mass is 32.2. The van der Waals surface area contributed by atoms with E-state index in [1.165, 1.54) is 45.2 Å². The van der Waals surface area contributed by atoms with E-state index in [0.717, 1.165) is 4.90 Å². The summed E-state index contributed by atoms with van der Waals surface area (Å²) >= 11 is 1.41. The van der Waals surface area contributed by atoms with Crippen molar-refractivity contribution in [3.63, 3.8) is 0 Å². The Morgan fingerprint density at radius 1 is 1.09 bits per heavy atom. The molecule has 0 fully saturated rings. The third kappa shape index (κ3) is 5.53. The summed E-state index contributed by atoms with van der Waals surface area (Å²) in [7, 11) is 0.635. The molecular formula is C22H26N2O7S2. The molecule has 3 rings (SSSR count). The quantitative estimate of drug-likeness (QED) is 0.545. The second-order valence-corrected chi connectivity index (χ2v) is 10.5. The van der Waals surface area contributed by atoms with Crippen molar-refractivity contribution in [3.05, 3.63) is 30.3 Å². The van der Waals surface area contributed by atoms with Gasteiger partial charge < -0.3 is 24.8 Å². The summed E-state index contributed by atoms with van der Waals surface area (Å²) in [6.07, 6.45) is 0.423. The standard InChI is InChI=1S/C22H26N2O7S2/c1-5-18-22(26)24-15-12-14(6-7-19(15)32-18)33(27,28)9-8-20(25)23-13-10-16(29-2)21(31-4)17(11-13)30-3/h6-7,10-12,18H,5,8-9H2,1-4H3,(H,23,25)(H,24,26)/t18-/m1/s1. The van der Waals surface area contributed by atoms with E-state index in [1.54, 1.807) is 18.2 Å². The van der Waals surface area contributed by atoms with Crippen molar-refractivity contribution in [3.8, 4) is 17.2 Å². The highest BCUT2D eigenvalue weighted by Gasteiger charge is 2.27. The molecule has 2 aromatic rings. The van der Waals surface area contributed by atoms with Gasteiger partial charge in [0.05, 0.1) is 42.9 Å². The van der Waals surface area contributed by atoms with Gasteiger partial charge in [-0.25, -0.2) is 8.42 Å². The molecule has 9 nitrogen and oxygen atoms in total. The first-order valence-electron chi connectivity index (χ1n) is 10.2. The van der Waals surface area contributed by atoms with Gasteiger partial charge >= 0.3 is 0 Å². The number of hydrogen-bond donors (Lipinski definition) is 2. The molecule has 0 spiro atoms. The van der Waals surface area contributed by atoms with Crippen LogP contribution in [-0.2, 0) is 19.4 Å². The molecule has 1 aliphatic rings. The minimum atomic E-state index is -3.74. The summed E-state index contributed by atoms with van der Waals surface area (Å²) in [6.45, 7) is 1.92. The van der Waals surface area contributed by atoms with Crippen LogP contribution in [-0.4, -0.2) is 52.6 Å². The summed E-state index contributed by atoms with van der Waals surface area (Å²) in [5.74, 6) is 0.0807. The molecule has 0 aliphatic carbocycles. The number of carbonyl (C=O) groups is 2. The largest absolute Gasteiger partial charge is 0.493 e. The molecule has 0 aromatic heterocycles. The minimum absolute atomic E-state index is 0.0534. The van der Waals surface area contributed by atoms with E-state index in [9.17, 15) is 18.0 Å². The molecule has 2 aromatic carbocycles. The Kier molecular flexibility index (Phi) is 7.75. The van der Waals surface area contributed by atoms with Gasteiger partial charge in [0, 0.05) is 29.1 Å². The second-order valence-electron chi connectivity index (χ2n) is 7.19. The lowest BCUT2D eigenvalue weighted by Gasteiger charge is -2.23. The van der Waals surface area contributed by atoms with Crippen molar-refractivity contribution < 1.29 is 32.2 Å². The number of benzene rings is 2. The van der Waals surface area contributed by atoms with Crippen molar-refractivity contribution in [2.24, 2.45) is 0 Å². The third-order valence-electron chi connectivity index (χ3n) is 5.05. The van der Waals surface area contributed by atoms with Crippen LogP contribution in [0.1, 0.15) is 19.8 Å². The van der Waals surface area contributed by atoms with Crippen LogP contribution in [0.3, 0.4) is 0 Å². The van der Waals surface area contributed by atoms with Crippen LogP contribution < -0.4 is 24.8 Å². The van der Waals surface area contributed by atoms with Crippen molar-refractivity contribution in [2.45, 2.75) is 34.8 Å². The Labute approximate surface area is 197 Å². The zero-order chi connectivity index (χ0) is 24.2. The van der Waals surface area contributed by atoms with Crippen LogP contribution in [0.5, 0.6) is 17.2 Å². The molecule has 0 saturated carbocycles. The van der Waals surface area contributed by atoms with E-state index in [2.05, 4.69) is 10.6 Å². The Hall–Kier alpha value is -2.92. The number of methoxy groups -OCH3 is 3. The smallest absolute Gasteiger partial charge is 0.237 e. The molecule has 33 heavy (non-hydrogen) atoms. The van der Waals surface area contributed by atoms with Crippen molar-refractivity contribution >= 4 is 44.8 Å². The van der Waals surface area contributed by atoms with Crippen molar-refractivity contribution in [2.75, 3.05) is 37.7 Å². The van der Waals surface area contributed by atoms with Crippen LogP contribution in [0, 0.1) is 0 Å². The number of sulfone groups is 1. The number of rotatable bonds is 9. The van der Waals surface area contributed by atoms with Crippen molar-refractivity contribution in [1.29, 1.82) is 0 Å². The molecule has 1 aliphatic heterocycles. The molecule has 2 amide bonds. The first kappa shape index (κ1) is 24.7. The van der Waals surface area contributed by atoms with Crippen LogP contribution in [0.2, 0.25) is 0 Å². The fourth-order valence-electron chi connectivity index (χ4n) is 3.31. The Morgan fingerprint density at radius 2 is 1.76 bits per heavy atom. The maximum Gasteiger partial charge on any atom is 0.237 e. The zero-order valence-electron chi connectivity index (χ0n) is 18.8. The first-order valence-corrected chi connectivity index (χ1v) is 12.7. The minimum Gasteiger partial charge on any atom is -0.493 e. The maximum absolute atomic E-state index is 12.8. The summed E-state index contributed by atoms with van der Waals surface area (Å²) in [4.78, 5) is 25.4. The molecule has 0 saturated heterocycles. The lowest BCUT2D eigenvalue weighted by molar-refractivity contribution is -0.116. The molecule has 1 atom stereocenters. The van der Waals surface area contributed by atoms with Gasteiger partial charge in [-0.1, -0.05) is 6.92 Å². The Morgan fingerprint density at radius 3 is 2.33 bits per heavy atom. The average molecular weight is 495 g/mol. The van der Waals surface area contributed by atoms with Crippen LogP contribution in [0.25, 0.3) is 0 Å². The SMILES string of the molecule is CC[C@H]1Sc2ccc(S(=O)(=O)CCC(=O)Nc3cc(OC)c(OC)c(OC)c3)cc2NC1=O. The van der Waals surface area contributed by atoms with E-state index in [4.69, 9.17) is 14.2 Å². The summed E-state index contributed by atoms with van der Waals surface area (Å²) in [5, 5.41) is 5.22. The monoisotopic (exact) mass is 494 g/mol. The van der Waals surface area contributed by atoms with Gasteiger partial charge in [0.25, 0.3) is 0 Å². The van der Waals surface area contributed by atoms with Crippen LogP contribution in [0.4, 0.5) is 11.4 Å². The summed E-state index contributed by atoms with van der Waals surface area (Å²) in [5.41, 5.74) is 0.851. The molecule has 0 unspecified atom stereocenters. The highest BCUT2D eigenvalue weighted by Crippen LogP contribution is 2.40. The molecule has 0 radical (unpaired) electrons. The number of nitrogens with one attached hydrogen (secondary N) is 2. The van der Waals surface area contributed by atoms with Crippen LogP contribution >= 0.6 is 11.8 Å². The van der Waals surface area contributed by atoms with E-state index in [-0.39, 0.29) is 28.2 Å². The predicted octanol–water partition coefficient (Wildman–Crippen LogP) is 3.34. The number of amides is 2. The van der Waals surface area contributed by atoms with Gasteiger partial charge in [0.1, 0.15) is 0 Å². The zero-order valence-corrected chi connectivity index (χ0v) is 20.4. The maximum atomic E-state index is 12.8. The number of anilines is 2.